The highest BCUT2D eigenvalue weighted by molar-refractivity contribution is 5.81. The van der Waals surface area contributed by atoms with E-state index in [2.05, 4.69) is 44.5 Å². The van der Waals surface area contributed by atoms with Crippen LogP contribution in [0.4, 0.5) is 10.6 Å². The van der Waals surface area contributed by atoms with Gasteiger partial charge in [-0.05, 0) is 82.5 Å². The summed E-state index contributed by atoms with van der Waals surface area (Å²) in [6, 6.07) is 42.0. The lowest BCUT2D eigenvalue weighted by molar-refractivity contribution is -0.0961. The number of anilines is 1. The Kier molecular flexibility index (Phi) is 13.0. The zero-order valence-corrected chi connectivity index (χ0v) is 36.3. The number of nitrogens with zero attached hydrogens (tertiary/aromatic N) is 4. The highest BCUT2D eigenvalue weighted by Crippen LogP contribution is 2.45. The number of alkyl carbamates (subject to hydrolysis) is 1. The van der Waals surface area contributed by atoms with Gasteiger partial charge in [0.05, 0.1) is 27.2 Å². The summed E-state index contributed by atoms with van der Waals surface area (Å²) < 4.78 is 38.8. The number of nitrogens with two attached hydrogens (primary N) is 1. The van der Waals surface area contributed by atoms with Crippen molar-refractivity contribution >= 4 is 23.1 Å². The molecule has 3 heterocycles. The van der Waals surface area contributed by atoms with Crippen LogP contribution in [0.5, 0.6) is 11.5 Å². The van der Waals surface area contributed by atoms with E-state index < -0.39 is 36.2 Å². The third-order valence-electron chi connectivity index (χ3n) is 12.4. The van der Waals surface area contributed by atoms with Crippen molar-refractivity contribution in [3.8, 4) is 22.6 Å². The molecule has 0 unspecified atom stereocenters. The van der Waals surface area contributed by atoms with Crippen molar-refractivity contribution in [2.45, 2.75) is 55.3 Å². The maximum Gasteiger partial charge on any atom is 0.407 e. The summed E-state index contributed by atoms with van der Waals surface area (Å²) in [7, 11) is 3.26. The number of hydrogen-bond donors (Lipinski definition) is 3. The van der Waals surface area contributed by atoms with Gasteiger partial charge in [0.25, 0.3) is 0 Å². The van der Waals surface area contributed by atoms with Crippen LogP contribution >= 0.6 is 0 Å². The van der Waals surface area contributed by atoms with E-state index in [-0.39, 0.29) is 24.9 Å². The fraction of sp³-hybridized carbons (Fsp3) is 0.294. The fourth-order valence-electron chi connectivity index (χ4n) is 9.06. The average molecular weight is 877 g/mol. The lowest BCUT2D eigenvalue weighted by Gasteiger charge is -2.37. The summed E-state index contributed by atoms with van der Waals surface area (Å²) in [5, 5.41) is 15.0. The number of unbranched alkanes of at least 4 members (excludes halogenated alkanes) is 2. The van der Waals surface area contributed by atoms with E-state index >= 15 is 0 Å². The smallest absolute Gasteiger partial charge is 0.407 e. The van der Waals surface area contributed by atoms with Gasteiger partial charge in [-0.15, -0.1) is 0 Å². The molecule has 14 nitrogen and oxygen atoms in total. The molecular formula is C51H52N6O8. The minimum atomic E-state index is -1.14. The number of benzene rings is 5. The van der Waals surface area contributed by atoms with Gasteiger partial charge in [0, 0.05) is 19.1 Å². The second-order valence-electron chi connectivity index (χ2n) is 16.1. The van der Waals surface area contributed by atoms with E-state index in [1.807, 2.05) is 103 Å². The number of fused-ring (bicyclic) bond motifs is 4. The van der Waals surface area contributed by atoms with Gasteiger partial charge < -0.3 is 44.6 Å². The van der Waals surface area contributed by atoms with Crippen LogP contribution in [-0.4, -0.2) is 89.6 Å². The fourth-order valence-corrected chi connectivity index (χ4v) is 9.06. The Morgan fingerprint density at radius 3 is 2.02 bits per heavy atom. The average Bonchev–Trinajstić information content (AvgIpc) is 4.03. The molecule has 0 saturated carbocycles. The van der Waals surface area contributed by atoms with Gasteiger partial charge in [0.15, 0.2) is 17.7 Å². The second-order valence-corrected chi connectivity index (χ2v) is 16.1. The van der Waals surface area contributed by atoms with Crippen molar-refractivity contribution < 1.29 is 38.3 Å². The summed E-state index contributed by atoms with van der Waals surface area (Å²) in [5.74, 6) is 1.62. The molecule has 0 spiro atoms. The SMILES string of the molecule is COc1ccc(C(OC[C@H]2O[C@@H](n3cnc4c(N)ncnc43)[C@H](OCCCCCNC(=O)OCC3c4ccccc4-c4ccccc43)[C@@H]2O)(c2ccccc2)c2ccc(OC)cc2)cc1. The van der Waals surface area contributed by atoms with Crippen LogP contribution in [0.15, 0.2) is 140 Å². The number of nitrogen functional groups attached to an aromatic ring is 1. The van der Waals surface area contributed by atoms with Crippen molar-refractivity contribution in [3.05, 3.63) is 168 Å². The molecular weight excluding hydrogens is 825 g/mol. The van der Waals surface area contributed by atoms with Gasteiger partial charge >= 0.3 is 6.09 Å². The number of amides is 1. The highest BCUT2D eigenvalue weighted by Gasteiger charge is 2.48. The first-order chi connectivity index (χ1) is 31.9. The number of hydrogen-bond acceptors (Lipinski definition) is 12. The van der Waals surface area contributed by atoms with Crippen molar-refractivity contribution in [2.24, 2.45) is 0 Å². The Balaban J connectivity index is 0.871. The van der Waals surface area contributed by atoms with E-state index in [4.69, 9.17) is 34.2 Å². The zero-order chi connectivity index (χ0) is 44.8. The van der Waals surface area contributed by atoms with Crippen molar-refractivity contribution in [1.82, 2.24) is 24.8 Å². The summed E-state index contributed by atoms with van der Waals surface area (Å²) in [6.07, 6.45) is 0.994. The third-order valence-corrected chi connectivity index (χ3v) is 12.4. The number of imidazole rings is 1. The number of aliphatic hydroxyl groups excluding tert-OH is 1. The third kappa shape index (κ3) is 8.73. The molecule has 334 valence electrons. The quantitative estimate of drug-likeness (QED) is 0.0565. The summed E-state index contributed by atoms with van der Waals surface area (Å²) in [5.41, 5.74) is 13.1. The van der Waals surface area contributed by atoms with Gasteiger partial charge in [0.2, 0.25) is 0 Å². The minimum absolute atomic E-state index is 0.00584. The molecule has 5 aromatic carbocycles. The van der Waals surface area contributed by atoms with Crippen LogP contribution in [0.2, 0.25) is 0 Å². The maximum absolute atomic E-state index is 12.8. The predicted molar refractivity (Wildman–Crippen MR) is 245 cm³/mol. The normalized spacial score (nSPS) is 18.0. The molecule has 1 aliphatic carbocycles. The molecule has 14 heteroatoms. The van der Waals surface area contributed by atoms with Gasteiger partial charge in [0.1, 0.15) is 53.9 Å². The van der Waals surface area contributed by atoms with Gasteiger partial charge in [-0.1, -0.05) is 103 Å². The Labute approximate surface area is 377 Å². The van der Waals surface area contributed by atoms with Crippen LogP contribution in [-0.2, 0) is 24.5 Å². The summed E-state index contributed by atoms with van der Waals surface area (Å²) in [6.45, 7) is 0.987. The monoisotopic (exact) mass is 876 g/mol. The Morgan fingerprint density at radius 2 is 1.37 bits per heavy atom. The van der Waals surface area contributed by atoms with Crippen LogP contribution in [0.25, 0.3) is 22.3 Å². The van der Waals surface area contributed by atoms with E-state index in [0.29, 0.717) is 48.7 Å². The topological polar surface area (TPSA) is 174 Å². The Bertz CT molecular complexity index is 2600. The van der Waals surface area contributed by atoms with E-state index in [0.717, 1.165) is 23.1 Å². The molecule has 1 fully saturated rings. The number of nitrogens with one attached hydrogen (secondary N) is 1. The number of methoxy groups -OCH3 is 2. The highest BCUT2D eigenvalue weighted by atomic mass is 16.6. The molecule has 0 radical (unpaired) electrons. The lowest BCUT2D eigenvalue weighted by atomic mass is 9.80. The number of ether oxygens (including phenoxy) is 6. The Hall–Kier alpha value is -6.84. The van der Waals surface area contributed by atoms with Crippen molar-refractivity contribution in [3.63, 3.8) is 0 Å². The first-order valence-corrected chi connectivity index (χ1v) is 21.8. The molecule has 9 rings (SSSR count). The molecule has 4 atom stereocenters. The van der Waals surface area contributed by atoms with Crippen LogP contribution < -0.4 is 20.5 Å². The number of rotatable bonds is 18. The number of carbonyl (C=O) groups excluding carboxylic acids is 1. The maximum atomic E-state index is 12.8. The molecule has 65 heavy (non-hydrogen) atoms. The summed E-state index contributed by atoms with van der Waals surface area (Å²) in [4.78, 5) is 25.8. The number of carbonyl (C=O) groups is 1. The Morgan fingerprint density at radius 1 is 0.754 bits per heavy atom. The van der Waals surface area contributed by atoms with E-state index in [9.17, 15) is 9.90 Å². The van der Waals surface area contributed by atoms with Gasteiger partial charge in [-0.2, -0.15) is 0 Å². The van der Waals surface area contributed by atoms with Gasteiger partial charge in [-0.3, -0.25) is 4.57 Å². The van der Waals surface area contributed by atoms with Crippen molar-refractivity contribution in [2.75, 3.05) is 46.3 Å². The van der Waals surface area contributed by atoms with Crippen molar-refractivity contribution in [1.29, 1.82) is 0 Å². The predicted octanol–water partition coefficient (Wildman–Crippen LogP) is 7.79. The number of aromatic nitrogens is 4. The first kappa shape index (κ1) is 43.4. The zero-order valence-electron chi connectivity index (χ0n) is 36.3. The van der Waals surface area contributed by atoms with Crippen LogP contribution in [0.1, 0.15) is 59.2 Å². The van der Waals surface area contributed by atoms with E-state index in [1.54, 1.807) is 25.1 Å². The minimum Gasteiger partial charge on any atom is -0.497 e. The van der Waals surface area contributed by atoms with Crippen LogP contribution in [0, 0.1) is 0 Å². The van der Waals surface area contributed by atoms with Crippen LogP contribution in [0.3, 0.4) is 0 Å². The molecule has 7 aromatic rings. The lowest BCUT2D eigenvalue weighted by Crippen LogP contribution is -2.40. The standard InChI is InChI=1S/C51H52N6O8/c1-60-36-23-19-34(20-24-36)51(33-13-5-3-6-14-33,35-21-25-37(61-2)26-22-35)64-30-43-45(58)46(49(65-43)57-32-56-44-47(52)54-31-55-48(44)57)62-28-12-4-11-27-53-50(59)63-29-42-40-17-9-7-15-38(40)39-16-8-10-18-41(39)42/h3,5-10,13-26,31-32,42-43,45-46,49,58H,4,11-12,27-30H2,1-2H3,(H,53,59)(H2,52,54,55)/t43-,45-,46-,49-/m1/s1. The molecule has 4 N–H and O–H groups in total. The number of aliphatic hydroxyl groups is 1. The van der Waals surface area contributed by atoms with E-state index in [1.165, 1.54) is 28.6 Å². The molecule has 1 amide bonds. The molecule has 1 aliphatic heterocycles. The van der Waals surface area contributed by atoms with Gasteiger partial charge in [-0.25, -0.2) is 19.7 Å². The molecule has 2 aromatic heterocycles. The molecule has 2 aliphatic rings. The first-order valence-electron chi connectivity index (χ1n) is 21.8. The largest absolute Gasteiger partial charge is 0.497 e. The molecule has 1 saturated heterocycles. The molecule has 0 bridgehead atoms. The second kappa shape index (κ2) is 19.5. The summed E-state index contributed by atoms with van der Waals surface area (Å²) >= 11 is 0.